The van der Waals surface area contributed by atoms with E-state index in [1.54, 1.807) is 10.9 Å². The Hall–Kier alpha value is -1.55. The Morgan fingerprint density at radius 1 is 1.41 bits per heavy atom. The van der Waals surface area contributed by atoms with E-state index in [1.807, 2.05) is 25.1 Å². The molecule has 0 atom stereocenters. The molecule has 0 aromatic carbocycles. The number of halogens is 1. The van der Waals surface area contributed by atoms with E-state index >= 15 is 0 Å². The van der Waals surface area contributed by atoms with Crippen LogP contribution in [0.25, 0.3) is 5.82 Å². The smallest absolute Gasteiger partial charge is 0.155 e. The summed E-state index contributed by atoms with van der Waals surface area (Å²) < 4.78 is 1.69. The van der Waals surface area contributed by atoms with Gasteiger partial charge in [0.1, 0.15) is 5.82 Å². The lowest BCUT2D eigenvalue weighted by molar-refractivity contribution is 0.831. The zero-order valence-electron chi connectivity index (χ0n) is 9.94. The molecule has 0 spiro atoms. The first-order valence-corrected chi connectivity index (χ1v) is 6.01. The number of nitrogens with zero attached hydrogens (tertiary/aromatic N) is 3. The topological polar surface area (TPSA) is 42.7 Å². The van der Waals surface area contributed by atoms with Crippen LogP contribution < -0.4 is 5.32 Å². The summed E-state index contributed by atoms with van der Waals surface area (Å²) in [6, 6.07) is 5.79. The van der Waals surface area contributed by atoms with Crippen LogP contribution in [0.2, 0.25) is 5.02 Å². The molecule has 2 aromatic rings. The molecular formula is C12H15ClN4. The van der Waals surface area contributed by atoms with Crippen molar-refractivity contribution < 1.29 is 0 Å². The first-order valence-electron chi connectivity index (χ1n) is 5.63. The average molecular weight is 251 g/mol. The summed E-state index contributed by atoms with van der Waals surface area (Å²) >= 11 is 5.98. The SMILES string of the molecule is CCCNc1cccc(-n2cc(Cl)c(C)n2)n1. The van der Waals surface area contributed by atoms with Crippen molar-refractivity contribution in [3.05, 3.63) is 35.1 Å². The molecule has 2 heterocycles. The molecule has 0 unspecified atom stereocenters. The summed E-state index contributed by atoms with van der Waals surface area (Å²) in [7, 11) is 0. The minimum absolute atomic E-state index is 0.652. The Kier molecular flexibility index (Phi) is 3.64. The number of rotatable bonds is 4. The van der Waals surface area contributed by atoms with Crippen LogP contribution in [0.1, 0.15) is 19.0 Å². The molecule has 5 heteroatoms. The number of anilines is 1. The van der Waals surface area contributed by atoms with Gasteiger partial charge in [-0.05, 0) is 25.5 Å². The van der Waals surface area contributed by atoms with Crippen LogP contribution in [-0.2, 0) is 0 Å². The third-order valence-electron chi connectivity index (χ3n) is 2.36. The van der Waals surface area contributed by atoms with Gasteiger partial charge in [0, 0.05) is 6.54 Å². The lowest BCUT2D eigenvalue weighted by atomic mass is 10.4. The van der Waals surface area contributed by atoms with Gasteiger partial charge in [0.2, 0.25) is 0 Å². The van der Waals surface area contributed by atoms with Crippen molar-refractivity contribution in [2.75, 3.05) is 11.9 Å². The van der Waals surface area contributed by atoms with Crippen LogP contribution in [0, 0.1) is 6.92 Å². The van der Waals surface area contributed by atoms with E-state index in [2.05, 4.69) is 22.3 Å². The highest BCUT2D eigenvalue weighted by molar-refractivity contribution is 6.31. The van der Waals surface area contributed by atoms with Gasteiger partial charge in [0.25, 0.3) is 0 Å². The summed E-state index contributed by atoms with van der Waals surface area (Å²) in [5, 5.41) is 8.19. The van der Waals surface area contributed by atoms with Crippen LogP contribution in [0.4, 0.5) is 5.82 Å². The molecule has 1 N–H and O–H groups in total. The second kappa shape index (κ2) is 5.19. The molecule has 0 saturated heterocycles. The van der Waals surface area contributed by atoms with Gasteiger partial charge in [-0.1, -0.05) is 24.6 Å². The van der Waals surface area contributed by atoms with Gasteiger partial charge >= 0.3 is 0 Å². The van der Waals surface area contributed by atoms with Crippen LogP contribution in [0.3, 0.4) is 0 Å². The fraction of sp³-hybridized carbons (Fsp3) is 0.333. The third kappa shape index (κ3) is 2.77. The zero-order valence-corrected chi connectivity index (χ0v) is 10.7. The maximum absolute atomic E-state index is 5.98. The third-order valence-corrected chi connectivity index (χ3v) is 2.74. The normalized spacial score (nSPS) is 10.5. The Morgan fingerprint density at radius 2 is 2.24 bits per heavy atom. The number of aryl methyl sites for hydroxylation is 1. The second-order valence-corrected chi connectivity index (χ2v) is 4.22. The van der Waals surface area contributed by atoms with E-state index in [-0.39, 0.29) is 0 Å². The maximum atomic E-state index is 5.98. The van der Waals surface area contributed by atoms with Gasteiger partial charge in [0.05, 0.1) is 16.9 Å². The van der Waals surface area contributed by atoms with Crippen LogP contribution >= 0.6 is 11.6 Å². The molecule has 0 fully saturated rings. The predicted octanol–water partition coefficient (Wildman–Crippen LogP) is 3.05. The summed E-state index contributed by atoms with van der Waals surface area (Å²) in [5.74, 6) is 1.62. The van der Waals surface area contributed by atoms with E-state index in [0.29, 0.717) is 5.02 Å². The Balaban J connectivity index is 2.26. The molecule has 0 bridgehead atoms. The average Bonchev–Trinajstić information content (AvgIpc) is 2.68. The lowest BCUT2D eigenvalue weighted by Gasteiger charge is -2.05. The number of nitrogens with one attached hydrogen (secondary N) is 1. The minimum Gasteiger partial charge on any atom is -0.370 e. The summed E-state index contributed by atoms with van der Waals surface area (Å²) in [6.45, 7) is 4.90. The zero-order chi connectivity index (χ0) is 12.3. The Morgan fingerprint density at radius 3 is 2.88 bits per heavy atom. The van der Waals surface area contributed by atoms with Crippen molar-refractivity contribution in [2.45, 2.75) is 20.3 Å². The van der Waals surface area contributed by atoms with Crippen LogP contribution in [0.15, 0.2) is 24.4 Å². The summed E-state index contributed by atoms with van der Waals surface area (Å²) in [5.41, 5.74) is 0.806. The van der Waals surface area contributed by atoms with Crippen molar-refractivity contribution in [2.24, 2.45) is 0 Å². The quantitative estimate of drug-likeness (QED) is 0.907. The Bertz CT molecular complexity index is 487. The van der Waals surface area contributed by atoms with Gasteiger partial charge in [0.15, 0.2) is 5.82 Å². The van der Waals surface area contributed by atoms with Crippen molar-refractivity contribution in [1.29, 1.82) is 0 Å². The van der Waals surface area contributed by atoms with Gasteiger partial charge in [-0.25, -0.2) is 9.67 Å². The molecule has 4 nitrogen and oxygen atoms in total. The largest absolute Gasteiger partial charge is 0.370 e. The number of pyridine rings is 1. The van der Waals surface area contributed by atoms with Crippen molar-refractivity contribution in [3.8, 4) is 5.82 Å². The molecule has 2 rings (SSSR count). The van der Waals surface area contributed by atoms with E-state index in [1.165, 1.54) is 0 Å². The first-order chi connectivity index (χ1) is 8.20. The molecule has 0 amide bonds. The van der Waals surface area contributed by atoms with Gasteiger partial charge in [-0.3, -0.25) is 0 Å². The molecular weight excluding hydrogens is 236 g/mol. The lowest BCUT2D eigenvalue weighted by Crippen LogP contribution is -2.05. The Labute approximate surface area is 106 Å². The fourth-order valence-electron chi connectivity index (χ4n) is 1.46. The van der Waals surface area contributed by atoms with Crippen molar-refractivity contribution in [3.63, 3.8) is 0 Å². The van der Waals surface area contributed by atoms with Gasteiger partial charge in [-0.2, -0.15) is 5.10 Å². The van der Waals surface area contributed by atoms with Crippen LogP contribution in [-0.4, -0.2) is 21.3 Å². The number of aromatic nitrogens is 3. The first kappa shape index (κ1) is 11.9. The van der Waals surface area contributed by atoms with E-state index in [4.69, 9.17) is 11.6 Å². The molecule has 17 heavy (non-hydrogen) atoms. The minimum atomic E-state index is 0.652. The molecule has 0 saturated carbocycles. The standard InChI is InChI=1S/C12H15ClN4/c1-3-7-14-11-5-4-6-12(15-11)17-8-10(13)9(2)16-17/h4-6,8H,3,7H2,1-2H3,(H,14,15). The molecule has 2 aromatic heterocycles. The summed E-state index contributed by atoms with van der Waals surface area (Å²) in [6.07, 6.45) is 2.83. The number of hydrogen-bond acceptors (Lipinski definition) is 3. The molecule has 0 radical (unpaired) electrons. The van der Waals surface area contributed by atoms with Gasteiger partial charge in [-0.15, -0.1) is 0 Å². The molecule has 0 aliphatic rings. The van der Waals surface area contributed by atoms with Crippen molar-refractivity contribution >= 4 is 17.4 Å². The van der Waals surface area contributed by atoms with Gasteiger partial charge < -0.3 is 5.32 Å². The number of hydrogen-bond donors (Lipinski definition) is 1. The molecule has 0 aliphatic carbocycles. The van der Waals surface area contributed by atoms with E-state index < -0.39 is 0 Å². The summed E-state index contributed by atoms with van der Waals surface area (Å²) in [4.78, 5) is 4.47. The molecule has 0 aliphatic heterocycles. The second-order valence-electron chi connectivity index (χ2n) is 3.81. The van der Waals surface area contributed by atoms with E-state index in [0.717, 1.165) is 30.3 Å². The fourth-order valence-corrected chi connectivity index (χ4v) is 1.59. The van der Waals surface area contributed by atoms with Crippen LogP contribution in [0.5, 0.6) is 0 Å². The molecule has 90 valence electrons. The monoisotopic (exact) mass is 250 g/mol. The highest BCUT2D eigenvalue weighted by atomic mass is 35.5. The van der Waals surface area contributed by atoms with E-state index in [9.17, 15) is 0 Å². The highest BCUT2D eigenvalue weighted by Gasteiger charge is 2.05. The van der Waals surface area contributed by atoms with Crippen molar-refractivity contribution in [1.82, 2.24) is 14.8 Å². The maximum Gasteiger partial charge on any atom is 0.155 e. The predicted molar refractivity (Wildman–Crippen MR) is 69.9 cm³/mol. The highest BCUT2D eigenvalue weighted by Crippen LogP contribution is 2.16.